The number of aliphatic hydroxyl groups is 1. The lowest BCUT2D eigenvalue weighted by atomic mass is 9.89. The summed E-state index contributed by atoms with van der Waals surface area (Å²) in [5, 5.41) is 15.2. The van der Waals surface area contributed by atoms with Crippen molar-refractivity contribution in [2.24, 2.45) is 5.92 Å². The number of aromatic nitrogens is 2. The second-order valence-corrected chi connectivity index (χ2v) is 14.8. The maximum Gasteiger partial charge on any atom is 0.271 e. The molecule has 2 heterocycles. The number of fused-ring (bicyclic) bond motifs is 2. The van der Waals surface area contributed by atoms with Crippen LogP contribution in [0.15, 0.2) is 146 Å². The van der Waals surface area contributed by atoms with Crippen LogP contribution in [-0.4, -0.2) is 45.6 Å². The van der Waals surface area contributed by atoms with Gasteiger partial charge in [-0.3, -0.25) is 14.7 Å². The zero-order valence-corrected chi connectivity index (χ0v) is 31.9. The predicted octanol–water partition coefficient (Wildman–Crippen LogP) is 9.36. The number of hydrogen-bond donors (Lipinski definition) is 2. The van der Waals surface area contributed by atoms with Crippen molar-refractivity contribution in [1.82, 2.24) is 20.2 Å². The number of rotatable bonds is 11. The minimum atomic E-state index is -0.572. The van der Waals surface area contributed by atoms with Gasteiger partial charge in [0.2, 0.25) is 0 Å². The van der Waals surface area contributed by atoms with Crippen molar-refractivity contribution >= 4 is 27.7 Å². The molecule has 8 nitrogen and oxygen atoms in total. The molecule has 0 unspecified atom stereocenters. The third kappa shape index (κ3) is 8.10. The lowest BCUT2D eigenvalue weighted by Crippen LogP contribution is -2.44. The van der Waals surface area contributed by atoms with Crippen LogP contribution in [0.25, 0.3) is 32.9 Å². The van der Waals surface area contributed by atoms with Crippen molar-refractivity contribution in [1.29, 1.82) is 0 Å². The highest BCUT2D eigenvalue weighted by molar-refractivity contribution is 5.93. The molecule has 56 heavy (non-hydrogen) atoms. The fraction of sp³-hybridized carbons (Fsp3) is 0.229. The van der Waals surface area contributed by atoms with Crippen molar-refractivity contribution in [3.05, 3.63) is 179 Å². The predicted molar refractivity (Wildman–Crippen MR) is 221 cm³/mol. The number of carbonyl (C=O) groups is 1. The number of para-hydroxylation sites is 2. The van der Waals surface area contributed by atoms with Crippen LogP contribution in [0.1, 0.15) is 70.6 Å². The Labute approximate surface area is 327 Å². The molecule has 0 spiro atoms. The Balaban J connectivity index is 0.982. The highest BCUT2D eigenvalue weighted by Crippen LogP contribution is 2.42. The summed E-state index contributed by atoms with van der Waals surface area (Å²) in [5.74, 6) is -0.205. The van der Waals surface area contributed by atoms with Crippen molar-refractivity contribution < 1.29 is 19.4 Å². The van der Waals surface area contributed by atoms with Gasteiger partial charge in [0.15, 0.2) is 6.29 Å². The molecule has 1 aliphatic heterocycles. The van der Waals surface area contributed by atoms with E-state index in [2.05, 4.69) is 132 Å². The zero-order chi connectivity index (χ0) is 38.6. The summed E-state index contributed by atoms with van der Waals surface area (Å²) in [6, 6.07) is 47.4. The van der Waals surface area contributed by atoms with Crippen LogP contribution in [0.5, 0.6) is 0 Å². The first-order valence-corrected chi connectivity index (χ1v) is 19.2. The van der Waals surface area contributed by atoms with E-state index in [1.165, 1.54) is 22.5 Å². The van der Waals surface area contributed by atoms with Gasteiger partial charge in [-0.2, -0.15) is 0 Å². The Morgan fingerprint density at radius 1 is 0.768 bits per heavy atom. The number of benzene rings is 6. The maximum absolute atomic E-state index is 12.9. The summed E-state index contributed by atoms with van der Waals surface area (Å²) in [6.07, 6.45) is 0.620. The van der Waals surface area contributed by atoms with Crippen LogP contribution >= 0.6 is 0 Å². The van der Waals surface area contributed by atoms with E-state index < -0.39 is 6.29 Å². The molecule has 5 atom stereocenters. The molecule has 0 bridgehead atoms. The summed E-state index contributed by atoms with van der Waals surface area (Å²) in [4.78, 5) is 24.2. The van der Waals surface area contributed by atoms with Crippen LogP contribution in [0.3, 0.4) is 0 Å². The minimum absolute atomic E-state index is 0.00240. The molecule has 0 radical (unpaired) electrons. The monoisotopic (exact) mass is 742 g/mol. The number of carbonyl (C=O) groups excluding carboxylic acids is 1. The molecule has 2 N–H and O–H groups in total. The van der Waals surface area contributed by atoms with Gasteiger partial charge in [0, 0.05) is 30.6 Å². The number of nitrogens with one attached hydrogen (secondary N) is 1. The van der Waals surface area contributed by atoms with Gasteiger partial charge in [-0.15, -0.1) is 0 Å². The molecule has 1 amide bonds. The summed E-state index contributed by atoms with van der Waals surface area (Å²) >= 11 is 0. The second-order valence-electron chi connectivity index (χ2n) is 14.8. The van der Waals surface area contributed by atoms with Gasteiger partial charge in [0.1, 0.15) is 5.69 Å². The Hall–Kier alpha value is -5.77. The topological polar surface area (TPSA) is 96.8 Å². The van der Waals surface area contributed by atoms with Gasteiger partial charge in [0.05, 0.1) is 36.0 Å². The molecule has 282 valence electrons. The number of aliphatic hydroxyl groups excluding tert-OH is 1. The SMILES string of the molecule is C[C@@H]1[C@H](CN(C)[C@H](C)c2ccc3ccccc3c2)O[C@H](c2ccc(-c3cccc(CNC(=O)c4cnc5ccccc5n4)c3)cc2)O[C@@H]1c1ccc(CO)cc1. The first-order valence-electron chi connectivity index (χ1n) is 19.2. The normalized spacial score (nSPS) is 18.9. The van der Waals surface area contributed by atoms with E-state index in [9.17, 15) is 9.90 Å². The van der Waals surface area contributed by atoms with Gasteiger partial charge < -0.3 is 19.9 Å². The molecule has 1 saturated heterocycles. The van der Waals surface area contributed by atoms with Crippen molar-refractivity contribution in [3.8, 4) is 11.1 Å². The number of hydrogen-bond acceptors (Lipinski definition) is 7. The van der Waals surface area contributed by atoms with Crippen LogP contribution in [-0.2, 0) is 22.6 Å². The summed E-state index contributed by atoms with van der Waals surface area (Å²) < 4.78 is 13.6. The number of nitrogens with zero attached hydrogens (tertiary/aromatic N) is 3. The Bertz CT molecular complexity index is 2450. The molecule has 8 rings (SSSR count). The lowest BCUT2D eigenvalue weighted by Gasteiger charge is -2.43. The van der Waals surface area contributed by atoms with Gasteiger partial charge in [-0.1, -0.05) is 122 Å². The molecule has 7 aromatic rings. The maximum atomic E-state index is 12.9. The molecule has 1 fully saturated rings. The van der Waals surface area contributed by atoms with Crippen molar-refractivity contribution in [2.45, 2.75) is 51.5 Å². The number of ether oxygens (including phenoxy) is 2. The Morgan fingerprint density at radius 2 is 1.50 bits per heavy atom. The highest BCUT2D eigenvalue weighted by atomic mass is 16.7. The summed E-state index contributed by atoms with van der Waals surface area (Å²) in [5.41, 5.74) is 8.91. The number of likely N-dealkylation sites (N-methyl/N-ethyl adjacent to an activating group) is 1. The second kappa shape index (κ2) is 16.5. The van der Waals surface area contributed by atoms with Crippen molar-refractivity contribution in [3.63, 3.8) is 0 Å². The van der Waals surface area contributed by atoms with E-state index in [4.69, 9.17) is 9.47 Å². The largest absolute Gasteiger partial charge is 0.392 e. The van der Waals surface area contributed by atoms with Crippen LogP contribution in [0.4, 0.5) is 0 Å². The Kier molecular flexibility index (Phi) is 11.0. The molecule has 1 aliphatic rings. The minimum Gasteiger partial charge on any atom is -0.392 e. The average molecular weight is 743 g/mol. The first kappa shape index (κ1) is 37.2. The smallest absolute Gasteiger partial charge is 0.271 e. The van der Waals surface area contributed by atoms with E-state index >= 15 is 0 Å². The highest BCUT2D eigenvalue weighted by Gasteiger charge is 2.39. The fourth-order valence-corrected chi connectivity index (χ4v) is 7.53. The Morgan fingerprint density at radius 3 is 2.29 bits per heavy atom. The molecule has 8 heteroatoms. The molecular weight excluding hydrogens is 697 g/mol. The fourth-order valence-electron chi connectivity index (χ4n) is 7.53. The zero-order valence-electron chi connectivity index (χ0n) is 31.9. The first-order chi connectivity index (χ1) is 27.3. The third-order valence-corrected chi connectivity index (χ3v) is 11.1. The molecule has 1 aromatic heterocycles. The van der Waals surface area contributed by atoms with Gasteiger partial charge in [-0.05, 0) is 82.4 Å². The molecule has 0 aliphatic carbocycles. The summed E-state index contributed by atoms with van der Waals surface area (Å²) in [7, 11) is 2.16. The molecule has 6 aromatic carbocycles. The van der Waals surface area contributed by atoms with E-state index in [-0.39, 0.29) is 42.4 Å². The van der Waals surface area contributed by atoms with Gasteiger partial charge in [0.25, 0.3) is 5.91 Å². The van der Waals surface area contributed by atoms with E-state index in [1.807, 2.05) is 48.5 Å². The van der Waals surface area contributed by atoms with Crippen LogP contribution in [0, 0.1) is 5.92 Å². The molecular formula is C48H46N4O4. The van der Waals surface area contributed by atoms with Crippen LogP contribution in [0.2, 0.25) is 0 Å². The van der Waals surface area contributed by atoms with E-state index in [0.29, 0.717) is 12.1 Å². The molecule has 0 saturated carbocycles. The third-order valence-electron chi connectivity index (χ3n) is 11.1. The van der Waals surface area contributed by atoms with E-state index in [1.54, 1.807) is 0 Å². The van der Waals surface area contributed by atoms with Crippen LogP contribution < -0.4 is 5.32 Å². The van der Waals surface area contributed by atoms with Gasteiger partial charge >= 0.3 is 0 Å². The van der Waals surface area contributed by atoms with E-state index in [0.717, 1.165) is 45.4 Å². The van der Waals surface area contributed by atoms with Gasteiger partial charge in [-0.25, -0.2) is 4.98 Å². The standard InChI is InChI=1S/C48H46N4O4/c1-31-45(29-52(3)32(2)39-24-21-35-10-4-5-11-41(35)26-39)55-48(56-46(31)37-17-15-33(30-53)16-18-37)38-22-19-36(20-23-38)40-12-8-9-34(25-40)27-50-47(54)44-28-49-42-13-6-7-14-43(42)51-44/h4-26,28,31-32,45-46,48,53H,27,29-30H2,1-3H3,(H,50,54)/t31-,32-,45+,46+,48+/m1/s1. The quantitative estimate of drug-likeness (QED) is 0.136. The average Bonchev–Trinajstić information content (AvgIpc) is 3.25. The number of amides is 1. The summed E-state index contributed by atoms with van der Waals surface area (Å²) in [6.45, 7) is 5.52. The van der Waals surface area contributed by atoms with Crippen molar-refractivity contribution in [2.75, 3.05) is 13.6 Å². The lowest BCUT2D eigenvalue weighted by molar-refractivity contribution is -0.276.